The lowest BCUT2D eigenvalue weighted by Gasteiger charge is -2.37. The second-order valence-corrected chi connectivity index (χ2v) is 5.81. The number of anilines is 1. The maximum atomic E-state index is 6.05. The smallest absolute Gasteiger partial charge is 0.225 e. The molecule has 6 nitrogen and oxygen atoms in total. The summed E-state index contributed by atoms with van der Waals surface area (Å²) in [4.78, 5) is 17.6. The third kappa shape index (κ3) is 2.74. The van der Waals surface area contributed by atoms with Gasteiger partial charge in [-0.05, 0) is 18.2 Å². The van der Waals surface area contributed by atoms with Crippen LogP contribution in [-0.4, -0.2) is 58.2 Å². The Morgan fingerprint density at radius 3 is 2.77 bits per heavy atom. The van der Waals surface area contributed by atoms with Crippen molar-refractivity contribution < 1.29 is 4.74 Å². The Morgan fingerprint density at radius 2 is 1.95 bits per heavy atom. The molecule has 4 heterocycles. The van der Waals surface area contributed by atoms with Crippen LogP contribution in [0.5, 0.6) is 5.75 Å². The van der Waals surface area contributed by atoms with Crippen molar-refractivity contribution in [3.8, 4) is 5.75 Å². The molecule has 0 saturated carbocycles. The zero-order chi connectivity index (χ0) is 14.8. The van der Waals surface area contributed by atoms with E-state index in [1.165, 1.54) is 0 Å². The molecule has 2 aliphatic rings. The van der Waals surface area contributed by atoms with Crippen LogP contribution < -0.4 is 9.64 Å². The minimum atomic E-state index is 0.242. The standard InChI is InChI=1S/C16H19N5O/c1-3-14(10-17-4-1)22-15-9-13-11-21(8-7-20(13)12-15)16-18-5-2-6-19-16/h1-6,10,13,15H,7-9,11-12H2/t13-,15+/m0/s1. The van der Waals surface area contributed by atoms with Gasteiger partial charge in [0.2, 0.25) is 5.95 Å². The number of hydrogen-bond donors (Lipinski definition) is 0. The normalized spacial score (nSPS) is 25.0. The van der Waals surface area contributed by atoms with Crippen molar-refractivity contribution in [3.63, 3.8) is 0 Å². The predicted molar refractivity (Wildman–Crippen MR) is 82.9 cm³/mol. The summed E-state index contributed by atoms with van der Waals surface area (Å²) in [6, 6.07) is 6.24. The van der Waals surface area contributed by atoms with Gasteiger partial charge in [-0.15, -0.1) is 0 Å². The summed E-state index contributed by atoms with van der Waals surface area (Å²) >= 11 is 0. The summed E-state index contributed by atoms with van der Waals surface area (Å²) in [5.41, 5.74) is 0. The Bertz CT molecular complexity index is 608. The zero-order valence-corrected chi connectivity index (χ0v) is 12.4. The number of piperazine rings is 1. The van der Waals surface area contributed by atoms with Gasteiger partial charge >= 0.3 is 0 Å². The van der Waals surface area contributed by atoms with Crippen LogP contribution in [-0.2, 0) is 0 Å². The average molecular weight is 297 g/mol. The van der Waals surface area contributed by atoms with Crippen LogP contribution in [0.3, 0.4) is 0 Å². The van der Waals surface area contributed by atoms with E-state index >= 15 is 0 Å². The van der Waals surface area contributed by atoms with Gasteiger partial charge in [0.15, 0.2) is 0 Å². The van der Waals surface area contributed by atoms with Crippen molar-refractivity contribution in [1.29, 1.82) is 0 Å². The van der Waals surface area contributed by atoms with E-state index in [-0.39, 0.29) is 6.10 Å². The van der Waals surface area contributed by atoms with Crippen molar-refractivity contribution in [1.82, 2.24) is 19.9 Å². The van der Waals surface area contributed by atoms with E-state index in [2.05, 4.69) is 24.8 Å². The molecule has 2 atom stereocenters. The van der Waals surface area contributed by atoms with Crippen LogP contribution in [0.1, 0.15) is 6.42 Å². The van der Waals surface area contributed by atoms with Gasteiger partial charge in [0.05, 0.1) is 6.20 Å². The Labute approximate surface area is 129 Å². The largest absolute Gasteiger partial charge is 0.487 e. The van der Waals surface area contributed by atoms with Crippen LogP contribution >= 0.6 is 0 Å². The van der Waals surface area contributed by atoms with Gasteiger partial charge in [-0.25, -0.2) is 9.97 Å². The first kappa shape index (κ1) is 13.5. The molecule has 0 spiro atoms. The molecular formula is C16H19N5O. The van der Waals surface area contributed by atoms with Gasteiger partial charge in [-0.1, -0.05) is 0 Å². The average Bonchev–Trinajstić information content (AvgIpc) is 2.98. The van der Waals surface area contributed by atoms with E-state index in [4.69, 9.17) is 4.74 Å². The molecule has 0 amide bonds. The lowest BCUT2D eigenvalue weighted by molar-refractivity contribution is 0.192. The van der Waals surface area contributed by atoms with Gasteiger partial charge in [0.1, 0.15) is 11.9 Å². The molecule has 22 heavy (non-hydrogen) atoms. The first-order valence-corrected chi connectivity index (χ1v) is 7.71. The fourth-order valence-electron chi connectivity index (χ4n) is 3.33. The third-order valence-corrected chi connectivity index (χ3v) is 4.35. The Hall–Kier alpha value is -2.21. The van der Waals surface area contributed by atoms with Gasteiger partial charge < -0.3 is 9.64 Å². The summed E-state index contributed by atoms with van der Waals surface area (Å²) in [7, 11) is 0. The number of rotatable bonds is 3. The quantitative estimate of drug-likeness (QED) is 0.849. The van der Waals surface area contributed by atoms with Gasteiger partial charge in [0, 0.05) is 57.2 Å². The monoisotopic (exact) mass is 297 g/mol. The summed E-state index contributed by atoms with van der Waals surface area (Å²) in [6.07, 6.45) is 8.43. The van der Waals surface area contributed by atoms with Crippen molar-refractivity contribution >= 4 is 5.95 Å². The van der Waals surface area contributed by atoms with E-state index in [0.29, 0.717) is 6.04 Å². The molecule has 0 bridgehead atoms. The molecule has 4 rings (SSSR count). The van der Waals surface area contributed by atoms with Gasteiger partial charge in [-0.2, -0.15) is 0 Å². The first-order valence-electron chi connectivity index (χ1n) is 7.71. The van der Waals surface area contributed by atoms with Crippen molar-refractivity contribution in [2.75, 3.05) is 31.1 Å². The Morgan fingerprint density at radius 1 is 1.05 bits per heavy atom. The molecule has 2 aliphatic heterocycles. The van der Waals surface area contributed by atoms with Crippen LogP contribution in [0.25, 0.3) is 0 Å². The van der Waals surface area contributed by atoms with E-state index < -0.39 is 0 Å². The number of nitrogens with zero attached hydrogens (tertiary/aromatic N) is 5. The lowest BCUT2D eigenvalue weighted by Crippen LogP contribution is -2.50. The van der Waals surface area contributed by atoms with E-state index in [1.807, 2.05) is 18.2 Å². The number of fused-ring (bicyclic) bond motifs is 1. The van der Waals surface area contributed by atoms with Crippen molar-refractivity contribution in [2.45, 2.75) is 18.6 Å². The number of aromatic nitrogens is 3. The lowest BCUT2D eigenvalue weighted by atomic mass is 10.1. The molecule has 0 aromatic carbocycles. The predicted octanol–water partition coefficient (Wildman–Crippen LogP) is 1.21. The van der Waals surface area contributed by atoms with Crippen molar-refractivity contribution in [3.05, 3.63) is 43.0 Å². The summed E-state index contributed by atoms with van der Waals surface area (Å²) in [6.45, 7) is 3.97. The van der Waals surface area contributed by atoms with Crippen LogP contribution in [0.15, 0.2) is 43.0 Å². The minimum Gasteiger partial charge on any atom is -0.487 e. The fourth-order valence-corrected chi connectivity index (χ4v) is 3.33. The topological polar surface area (TPSA) is 54.4 Å². The number of pyridine rings is 1. The number of ether oxygens (including phenoxy) is 1. The van der Waals surface area contributed by atoms with E-state index in [9.17, 15) is 0 Å². The molecule has 0 unspecified atom stereocenters. The molecule has 2 saturated heterocycles. The summed E-state index contributed by atoms with van der Waals surface area (Å²) in [5.74, 6) is 1.69. The minimum absolute atomic E-state index is 0.242. The molecule has 0 aliphatic carbocycles. The maximum absolute atomic E-state index is 6.05. The van der Waals surface area contributed by atoms with Crippen LogP contribution in [0.4, 0.5) is 5.95 Å². The highest BCUT2D eigenvalue weighted by molar-refractivity contribution is 5.30. The molecular weight excluding hydrogens is 278 g/mol. The Balaban J connectivity index is 1.40. The third-order valence-electron chi connectivity index (χ3n) is 4.35. The molecule has 2 aromatic heterocycles. The maximum Gasteiger partial charge on any atom is 0.225 e. The number of hydrogen-bond acceptors (Lipinski definition) is 6. The van der Waals surface area contributed by atoms with Crippen LogP contribution in [0, 0.1) is 0 Å². The molecule has 2 aromatic rings. The summed E-state index contributed by atoms with van der Waals surface area (Å²) in [5, 5.41) is 0. The van der Waals surface area contributed by atoms with Crippen LogP contribution in [0.2, 0.25) is 0 Å². The van der Waals surface area contributed by atoms with E-state index in [0.717, 1.165) is 44.3 Å². The molecule has 0 N–H and O–H groups in total. The van der Waals surface area contributed by atoms with Gasteiger partial charge in [-0.3, -0.25) is 9.88 Å². The molecule has 114 valence electrons. The molecule has 6 heteroatoms. The first-order chi connectivity index (χ1) is 10.9. The highest BCUT2D eigenvalue weighted by atomic mass is 16.5. The fraction of sp³-hybridized carbons (Fsp3) is 0.438. The zero-order valence-electron chi connectivity index (χ0n) is 12.4. The van der Waals surface area contributed by atoms with Crippen molar-refractivity contribution in [2.24, 2.45) is 0 Å². The molecule has 0 radical (unpaired) electrons. The highest BCUT2D eigenvalue weighted by Gasteiger charge is 2.37. The summed E-state index contributed by atoms with van der Waals surface area (Å²) < 4.78 is 6.05. The van der Waals surface area contributed by atoms with E-state index in [1.54, 1.807) is 24.8 Å². The highest BCUT2D eigenvalue weighted by Crippen LogP contribution is 2.26. The Kier molecular flexibility index (Phi) is 3.60. The molecule has 2 fully saturated rings. The SMILES string of the molecule is c1cnc(N2CCN3C[C@H](Oc4cccnc4)C[C@H]3C2)nc1. The second-order valence-electron chi connectivity index (χ2n) is 5.81. The van der Waals surface area contributed by atoms with Gasteiger partial charge in [0.25, 0.3) is 0 Å². The second kappa shape index (κ2) is 5.88.